The quantitative estimate of drug-likeness (QED) is 0.552. The monoisotopic (exact) mass is 209 g/mol. The van der Waals surface area contributed by atoms with Crippen LogP contribution in [0.1, 0.15) is 51.4 Å². The zero-order valence-electron chi connectivity index (χ0n) is 9.54. The smallest absolute Gasteiger partial charge is 0.188 e. The highest BCUT2D eigenvalue weighted by atomic mass is 15.1. The fourth-order valence-corrected chi connectivity index (χ4v) is 2.75. The highest BCUT2D eigenvalue weighted by Gasteiger charge is 2.16. The molecule has 86 valence electrons. The van der Waals surface area contributed by atoms with Gasteiger partial charge in [-0.25, -0.2) is 0 Å². The molecule has 0 unspecified atom stereocenters. The number of rotatable bonds is 3. The molecule has 0 aromatic heterocycles. The maximum Gasteiger partial charge on any atom is 0.188 e. The van der Waals surface area contributed by atoms with Crippen LogP contribution in [0.3, 0.4) is 0 Å². The van der Waals surface area contributed by atoms with Gasteiger partial charge in [0.2, 0.25) is 0 Å². The molecule has 0 aromatic carbocycles. The molecular weight excluding hydrogens is 186 g/mol. The number of aliphatic imine (C=N–C) groups is 1. The van der Waals surface area contributed by atoms with Gasteiger partial charge in [-0.15, -0.1) is 0 Å². The minimum Gasteiger partial charge on any atom is -0.370 e. The third-order valence-electron chi connectivity index (χ3n) is 3.70. The van der Waals surface area contributed by atoms with Gasteiger partial charge in [0.05, 0.1) is 0 Å². The number of hydrogen-bond acceptors (Lipinski definition) is 1. The molecule has 2 rings (SSSR count). The number of hydrogen-bond donors (Lipinski definition) is 2. The van der Waals surface area contributed by atoms with Crippen molar-refractivity contribution in [3.63, 3.8) is 0 Å². The van der Waals surface area contributed by atoms with Gasteiger partial charge in [-0.2, -0.15) is 0 Å². The van der Waals surface area contributed by atoms with E-state index >= 15 is 0 Å². The third-order valence-corrected chi connectivity index (χ3v) is 3.70. The maximum absolute atomic E-state index is 5.87. The highest BCUT2D eigenvalue weighted by Crippen LogP contribution is 2.24. The van der Waals surface area contributed by atoms with Crippen molar-refractivity contribution in [2.45, 2.75) is 57.4 Å². The molecule has 3 N–H and O–H groups in total. The van der Waals surface area contributed by atoms with Gasteiger partial charge in [0, 0.05) is 12.6 Å². The van der Waals surface area contributed by atoms with Gasteiger partial charge in [0.15, 0.2) is 5.96 Å². The van der Waals surface area contributed by atoms with Gasteiger partial charge in [0.25, 0.3) is 0 Å². The molecule has 0 amide bonds. The molecule has 2 aliphatic rings. The lowest BCUT2D eigenvalue weighted by Crippen LogP contribution is -2.38. The average Bonchev–Trinajstić information content (AvgIpc) is 2.86. The number of nitrogens with one attached hydrogen (secondary N) is 1. The Kier molecular flexibility index (Phi) is 3.87. The van der Waals surface area contributed by atoms with Crippen LogP contribution < -0.4 is 11.1 Å². The molecule has 0 saturated heterocycles. The fraction of sp³-hybridized carbons (Fsp3) is 0.917. The third kappa shape index (κ3) is 3.40. The predicted molar refractivity (Wildman–Crippen MR) is 63.8 cm³/mol. The standard InChI is InChI=1S/C12H23N3/c13-12(15-11-7-3-4-8-11)14-9-10-5-1-2-6-10/h10-11H,1-9H2,(H3,13,14,15). The molecule has 0 spiro atoms. The molecule has 0 heterocycles. The van der Waals surface area contributed by atoms with E-state index in [0.29, 0.717) is 12.0 Å². The Morgan fingerprint density at radius 1 is 1.07 bits per heavy atom. The molecule has 15 heavy (non-hydrogen) atoms. The van der Waals surface area contributed by atoms with Gasteiger partial charge in [-0.3, -0.25) is 4.99 Å². The molecule has 0 aliphatic heterocycles. The van der Waals surface area contributed by atoms with Crippen LogP contribution >= 0.6 is 0 Å². The van der Waals surface area contributed by atoms with Crippen molar-refractivity contribution in [2.75, 3.05) is 6.54 Å². The summed E-state index contributed by atoms with van der Waals surface area (Å²) in [4.78, 5) is 4.45. The Balaban J connectivity index is 1.68. The van der Waals surface area contributed by atoms with Crippen molar-refractivity contribution in [3.8, 4) is 0 Å². The van der Waals surface area contributed by atoms with Crippen LogP contribution in [0.2, 0.25) is 0 Å². The molecule has 0 aromatic rings. The van der Waals surface area contributed by atoms with Gasteiger partial charge < -0.3 is 11.1 Å². The molecule has 2 fully saturated rings. The van der Waals surface area contributed by atoms with E-state index in [1.54, 1.807) is 0 Å². The van der Waals surface area contributed by atoms with Crippen molar-refractivity contribution in [1.29, 1.82) is 0 Å². The van der Waals surface area contributed by atoms with E-state index in [1.165, 1.54) is 51.4 Å². The molecule has 3 heteroatoms. The fourth-order valence-electron chi connectivity index (χ4n) is 2.75. The Morgan fingerprint density at radius 3 is 2.33 bits per heavy atom. The summed E-state index contributed by atoms with van der Waals surface area (Å²) in [5.41, 5.74) is 5.87. The van der Waals surface area contributed by atoms with Crippen molar-refractivity contribution in [2.24, 2.45) is 16.6 Å². The Hall–Kier alpha value is -0.730. The second-order valence-corrected chi connectivity index (χ2v) is 5.00. The van der Waals surface area contributed by atoms with Crippen molar-refractivity contribution in [1.82, 2.24) is 5.32 Å². The van der Waals surface area contributed by atoms with E-state index in [0.717, 1.165) is 12.5 Å². The van der Waals surface area contributed by atoms with Crippen molar-refractivity contribution in [3.05, 3.63) is 0 Å². The minimum absolute atomic E-state index is 0.595. The van der Waals surface area contributed by atoms with E-state index in [2.05, 4.69) is 10.3 Å². The largest absolute Gasteiger partial charge is 0.370 e. The van der Waals surface area contributed by atoms with E-state index in [-0.39, 0.29) is 0 Å². The topological polar surface area (TPSA) is 50.4 Å². The Bertz CT molecular complexity index is 213. The highest BCUT2D eigenvalue weighted by molar-refractivity contribution is 5.78. The molecule has 0 bridgehead atoms. The predicted octanol–water partition coefficient (Wildman–Crippen LogP) is 2.02. The summed E-state index contributed by atoms with van der Waals surface area (Å²) >= 11 is 0. The summed E-state index contributed by atoms with van der Waals surface area (Å²) in [6.07, 6.45) is 10.7. The van der Waals surface area contributed by atoms with Gasteiger partial charge in [-0.1, -0.05) is 25.7 Å². The Labute approximate surface area is 92.5 Å². The van der Waals surface area contributed by atoms with Gasteiger partial charge >= 0.3 is 0 Å². The first-order valence-corrected chi connectivity index (χ1v) is 6.41. The SMILES string of the molecule is NC(=NCC1CCCC1)NC1CCCC1. The van der Waals surface area contributed by atoms with E-state index in [9.17, 15) is 0 Å². The summed E-state index contributed by atoms with van der Waals surface area (Å²) < 4.78 is 0. The van der Waals surface area contributed by atoms with E-state index in [4.69, 9.17) is 5.73 Å². The second-order valence-electron chi connectivity index (χ2n) is 5.00. The first kappa shape index (κ1) is 10.8. The minimum atomic E-state index is 0.595. The van der Waals surface area contributed by atoms with Gasteiger partial charge in [0.1, 0.15) is 0 Å². The average molecular weight is 209 g/mol. The van der Waals surface area contributed by atoms with Crippen LogP contribution in [-0.2, 0) is 0 Å². The summed E-state index contributed by atoms with van der Waals surface area (Å²) in [6, 6.07) is 0.595. The van der Waals surface area contributed by atoms with Crippen LogP contribution in [0.25, 0.3) is 0 Å². The zero-order chi connectivity index (χ0) is 10.5. The molecule has 2 saturated carbocycles. The van der Waals surface area contributed by atoms with Crippen molar-refractivity contribution >= 4 is 5.96 Å². The summed E-state index contributed by atoms with van der Waals surface area (Å²) in [5.74, 6) is 1.47. The molecule has 0 radical (unpaired) electrons. The van der Waals surface area contributed by atoms with Crippen LogP contribution in [0.4, 0.5) is 0 Å². The number of guanidine groups is 1. The van der Waals surface area contributed by atoms with E-state index < -0.39 is 0 Å². The van der Waals surface area contributed by atoms with Gasteiger partial charge in [-0.05, 0) is 31.6 Å². The maximum atomic E-state index is 5.87. The summed E-state index contributed by atoms with van der Waals surface area (Å²) in [6.45, 7) is 0.936. The summed E-state index contributed by atoms with van der Waals surface area (Å²) in [5, 5.41) is 3.33. The normalized spacial score (nSPS) is 24.9. The van der Waals surface area contributed by atoms with Crippen LogP contribution in [0, 0.1) is 5.92 Å². The number of nitrogens with zero attached hydrogens (tertiary/aromatic N) is 1. The number of nitrogens with two attached hydrogens (primary N) is 1. The Morgan fingerprint density at radius 2 is 1.67 bits per heavy atom. The molecule has 2 aliphatic carbocycles. The van der Waals surface area contributed by atoms with E-state index in [1.807, 2.05) is 0 Å². The first-order valence-electron chi connectivity index (χ1n) is 6.41. The molecule has 3 nitrogen and oxygen atoms in total. The lowest BCUT2D eigenvalue weighted by atomic mass is 10.1. The van der Waals surface area contributed by atoms with Crippen LogP contribution in [0.15, 0.2) is 4.99 Å². The zero-order valence-corrected chi connectivity index (χ0v) is 9.54. The van der Waals surface area contributed by atoms with Crippen LogP contribution in [-0.4, -0.2) is 18.5 Å². The first-order chi connectivity index (χ1) is 7.34. The summed E-state index contributed by atoms with van der Waals surface area (Å²) in [7, 11) is 0. The van der Waals surface area contributed by atoms with Crippen LogP contribution in [0.5, 0.6) is 0 Å². The molecule has 0 atom stereocenters. The lowest BCUT2D eigenvalue weighted by Gasteiger charge is -2.13. The lowest BCUT2D eigenvalue weighted by molar-refractivity contribution is 0.557. The molecular formula is C12H23N3. The second kappa shape index (κ2) is 5.38. The van der Waals surface area contributed by atoms with Crippen molar-refractivity contribution < 1.29 is 0 Å².